The van der Waals surface area contributed by atoms with Gasteiger partial charge in [0.2, 0.25) is 15.9 Å². The van der Waals surface area contributed by atoms with Crippen molar-refractivity contribution in [2.24, 2.45) is 0 Å². The third-order valence-corrected chi connectivity index (χ3v) is 4.91. The zero-order valence-corrected chi connectivity index (χ0v) is 13.0. The Morgan fingerprint density at radius 1 is 1.30 bits per heavy atom. The number of nitrogens with two attached hydrogens (primary N) is 1. The molecule has 112 valence electrons. The number of nitrogens with zero attached hydrogens (tertiary/aromatic N) is 1. The molecule has 0 radical (unpaired) electrons. The Hall–Kier alpha value is -1.60. The number of nitrogen functional groups attached to an aromatic ring is 1. The molecule has 0 atom stereocenters. The lowest BCUT2D eigenvalue weighted by molar-refractivity contribution is -0.121. The van der Waals surface area contributed by atoms with Gasteiger partial charge in [-0.15, -0.1) is 0 Å². The van der Waals surface area contributed by atoms with Gasteiger partial charge in [-0.2, -0.15) is 4.31 Å². The molecule has 0 aliphatic carbocycles. The second kappa shape index (κ2) is 6.23. The summed E-state index contributed by atoms with van der Waals surface area (Å²) in [6.45, 7) is 5.67. The van der Waals surface area contributed by atoms with Gasteiger partial charge in [0, 0.05) is 13.6 Å². The molecule has 1 rings (SSSR count). The Morgan fingerprint density at radius 3 is 2.40 bits per heavy atom. The monoisotopic (exact) mass is 299 g/mol. The molecule has 0 unspecified atom stereocenters. The van der Waals surface area contributed by atoms with Gasteiger partial charge in [0.1, 0.15) is 4.90 Å². The maximum absolute atomic E-state index is 12.4. The zero-order chi connectivity index (χ0) is 15.5. The number of likely N-dealkylation sites (N-methyl/N-ethyl adjacent to an activating group) is 2. The highest BCUT2D eigenvalue weighted by Gasteiger charge is 2.25. The molecule has 1 aromatic carbocycles. The lowest BCUT2D eigenvalue weighted by Crippen LogP contribution is -2.38. The standard InChI is InChI=1S/C13H21N3O3S/c1-5-15-13(17)8-16(4)20(18,19)12-7-10(3)9(2)6-11(12)14/h6-7H,5,8,14H2,1-4H3,(H,15,17). The molecule has 0 saturated heterocycles. The van der Waals surface area contributed by atoms with E-state index in [1.807, 2.05) is 13.8 Å². The lowest BCUT2D eigenvalue weighted by atomic mass is 10.1. The largest absolute Gasteiger partial charge is 0.398 e. The second-order valence-corrected chi connectivity index (χ2v) is 6.70. The Balaban J connectivity index is 3.11. The smallest absolute Gasteiger partial charge is 0.245 e. The summed E-state index contributed by atoms with van der Waals surface area (Å²) < 4.78 is 25.8. The van der Waals surface area contributed by atoms with E-state index in [-0.39, 0.29) is 23.0 Å². The number of carbonyl (C=O) groups excluding carboxylic acids is 1. The number of carbonyl (C=O) groups is 1. The third kappa shape index (κ3) is 3.49. The zero-order valence-electron chi connectivity index (χ0n) is 12.2. The van der Waals surface area contributed by atoms with E-state index in [2.05, 4.69) is 5.32 Å². The van der Waals surface area contributed by atoms with Gasteiger partial charge in [0.25, 0.3) is 0 Å². The number of nitrogens with one attached hydrogen (secondary N) is 1. The van der Waals surface area contributed by atoms with Crippen molar-refractivity contribution in [1.29, 1.82) is 0 Å². The van der Waals surface area contributed by atoms with Crippen LogP contribution in [0.2, 0.25) is 0 Å². The van der Waals surface area contributed by atoms with Crippen molar-refractivity contribution >= 4 is 21.6 Å². The minimum atomic E-state index is -3.77. The van der Waals surface area contributed by atoms with E-state index in [4.69, 9.17) is 5.73 Å². The highest BCUT2D eigenvalue weighted by atomic mass is 32.2. The van der Waals surface area contributed by atoms with Gasteiger partial charge in [-0.1, -0.05) is 0 Å². The number of aryl methyl sites for hydroxylation is 2. The average molecular weight is 299 g/mol. The first-order valence-corrected chi connectivity index (χ1v) is 7.74. The van der Waals surface area contributed by atoms with Crippen LogP contribution >= 0.6 is 0 Å². The maximum atomic E-state index is 12.4. The van der Waals surface area contributed by atoms with E-state index in [1.54, 1.807) is 13.0 Å². The molecule has 0 aromatic heterocycles. The minimum Gasteiger partial charge on any atom is -0.398 e. The van der Waals surface area contributed by atoms with E-state index in [9.17, 15) is 13.2 Å². The Kier molecular flexibility index (Phi) is 5.13. The van der Waals surface area contributed by atoms with Crippen molar-refractivity contribution < 1.29 is 13.2 Å². The first-order chi connectivity index (χ1) is 9.20. The number of hydrogen-bond acceptors (Lipinski definition) is 4. The van der Waals surface area contributed by atoms with Crippen molar-refractivity contribution in [3.05, 3.63) is 23.3 Å². The van der Waals surface area contributed by atoms with Crippen molar-refractivity contribution in [3.8, 4) is 0 Å². The summed E-state index contributed by atoms with van der Waals surface area (Å²) in [5, 5.41) is 2.56. The molecule has 0 bridgehead atoms. The maximum Gasteiger partial charge on any atom is 0.245 e. The van der Waals surface area contributed by atoms with Crippen molar-refractivity contribution in [3.63, 3.8) is 0 Å². The number of anilines is 1. The fourth-order valence-electron chi connectivity index (χ4n) is 1.74. The molecule has 0 spiro atoms. The quantitative estimate of drug-likeness (QED) is 0.780. The topological polar surface area (TPSA) is 92.5 Å². The van der Waals surface area contributed by atoms with E-state index >= 15 is 0 Å². The van der Waals surface area contributed by atoms with Crippen LogP contribution in [0.3, 0.4) is 0 Å². The molecule has 20 heavy (non-hydrogen) atoms. The summed E-state index contributed by atoms with van der Waals surface area (Å²) >= 11 is 0. The van der Waals surface area contributed by atoms with E-state index < -0.39 is 10.0 Å². The van der Waals surface area contributed by atoms with Crippen molar-refractivity contribution in [2.45, 2.75) is 25.7 Å². The molecular weight excluding hydrogens is 278 g/mol. The van der Waals surface area contributed by atoms with E-state index in [0.717, 1.165) is 15.4 Å². The van der Waals surface area contributed by atoms with Crippen molar-refractivity contribution in [2.75, 3.05) is 25.9 Å². The van der Waals surface area contributed by atoms with Crippen molar-refractivity contribution in [1.82, 2.24) is 9.62 Å². The minimum absolute atomic E-state index is 0.0346. The molecule has 6 nitrogen and oxygen atoms in total. The van der Waals surface area contributed by atoms with Gasteiger partial charge in [0.15, 0.2) is 0 Å². The summed E-state index contributed by atoms with van der Waals surface area (Å²) in [7, 11) is -2.41. The molecule has 0 aliphatic heterocycles. The summed E-state index contributed by atoms with van der Waals surface area (Å²) in [5.74, 6) is -0.346. The number of rotatable bonds is 5. The highest BCUT2D eigenvalue weighted by Crippen LogP contribution is 2.25. The molecule has 0 heterocycles. The molecular formula is C13H21N3O3S. The summed E-state index contributed by atoms with van der Waals surface area (Å²) in [4.78, 5) is 11.5. The fourth-order valence-corrected chi connectivity index (χ4v) is 3.05. The van der Waals surface area contributed by atoms with Crippen LogP contribution in [0.15, 0.2) is 17.0 Å². The molecule has 3 N–H and O–H groups in total. The number of sulfonamides is 1. The fraction of sp³-hybridized carbons (Fsp3) is 0.462. The first kappa shape index (κ1) is 16.5. The number of amides is 1. The molecule has 0 saturated carbocycles. The summed E-state index contributed by atoms with van der Waals surface area (Å²) in [5.41, 5.74) is 7.75. The average Bonchev–Trinajstić information content (AvgIpc) is 2.33. The predicted octanol–water partition coefficient (Wildman–Crippen LogP) is 0.642. The van der Waals surface area contributed by atoms with Crippen LogP contribution in [0.5, 0.6) is 0 Å². The highest BCUT2D eigenvalue weighted by molar-refractivity contribution is 7.89. The van der Waals surface area contributed by atoms with Gasteiger partial charge < -0.3 is 11.1 Å². The number of hydrogen-bond donors (Lipinski definition) is 2. The van der Waals surface area contributed by atoms with Crippen LogP contribution in [0.1, 0.15) is 18.1 Å². The third-order valence-electron chi connectivity index (χ3n) is 3.05. The van der Waals surface area contributed by atoms with Gasteiger partial charge >= 0.3 is 0 Å². The van der Waals surface area contributed by atoms with Gasteiger partial charge in [-0.25, -0.2) is 8.42 Å². The number of benzene rings is 1. The lowest BCUT2D eigenvalue weighted by Gasteiger charge is -2.18. The Bertz CT molecular complexity index is 612. The molecule has 0 aliphatic rings. The van der Waals surface area contributed by atoms with Crippen LogP contribution in [-0.4, -0.2) is 38.8 Å². The van der Waals surface area contributed by atoms with Gasteiger partial charge in [-0.05, 0) is 44.0 Å². The van der Waals surface area contributed by atoms with E-state index in [1.165, 1.54) is 13.1 Å². The second-order valence-electron chi connectivity index (χ2n) is 4.69. The Labute approximate surface area is 120 Å². The summed E-state index contributed by atoms with van der Waals surface area (Å²) in [6.07, 6.45) is 0. The molecule has 7 heteroatoms. The normalized spacial score (nSPS) is 11.7. The summed E-state index contributed by atoms with van der Waals surface area (Å²) in [6, 6.07) is 3.16. The van der Waals surface area contributed by atoms with Gasteiger partial charge in [0.05, 0.1) is 12.2 Å². The SMILES string of the molecule is CCNC(=O)CN(C)S(=O)(=O)c1cc(C)c(C)cc1N. The van der Waals surface area contributed by atoms with Crippen LogP contribution < -0.4 is 11.1 Å². The molecule has 1 aromatic rings. The van der Waals surface area contributed by atoms with E-state index in [0.29, 0.717) is 6.54 Å². The van der Waals surface area contributed by atoms with Crippen LogP contribution in [0, 0.1) is 13.8 Å². The molecule has 1 amide bonds. The van der Waals surface area contributed by atoms with Crippen LogP contribution in [0.25, 0.3) is 0 Å². The first-order valence-electron chi connectivity index (χ1n) is 6.30. The van der Waals surface area contributed by atoms with Crippen LogP contribution in [-0.2, 0) is 14.8 Å². The van der Waals surface area contributed by atoms with Gasteiger partial charge in [-0.3, -0.25) is 4.79 Å². The predicted molar refractivity (Wildman–Crippen MR) is 78.8 cm³/mol. The Morgan fingerprint density at radius 2 is 1.85 bits per heavy atom. The van der Waals surface area contributed by atoms with Crippen LogP contribution in [0.4, 0.5) is 5.69 Å². The molecule has 0 fully saturated rings.